The number of aryl methyl sites for hydroxylation is 1. The quantitative estimate of drug-likeness (QED) is 0.792. The molecule has 3 N–H and O–H groups in total. The van der Waals surface area contributed by atoms with Crippen LogP contribution in [-0.2, 0) is 11.2 Å². The van der Waals surface area contributed by atoms with Gasteiger partial charge in [0.25, 0.3) is 0 Å². The van der Waals surface area contributed by atoms with Crippen molar-refractivity contribution in [1.82, 2.24) is 0 Å². The van der Waals surface area contributed by atoms with E-state index in [2.05, 4.69) is 21.2 Å². The lowest BCUT2D eigenvalue weighted by Gasteiger charge is -2.20. The van der Waals surface area contributed by atoms with Crippen LogP contribution in [0.4, 0.5) is 10.5 Å². The zero-order valence-electron chi connectivity index (χ0n) is 12.3. The maximum atomic E-state index is 11.9. The molecule has 112 valence electrons. The fraction of sp³-hybridized carbons (Fsp3) is 0.533. The summed E-state index contributed by atoms with van der Waals surface area (Å²) in [5.74, 6) is 0. The van der Waals surface area contributed by atoms with Gasteiger partial charge in [-0.15, -0.1) is 0 Å². The van der Waals surface area contributed by atoms with E-state index in [0.29, 0.717) is 6.54 Å². The Balaban J connectivity index is 2.76. The van der Waals surface area contributed by atoms with Crippen molar-refractivity contribution in [3.8, 4) is 0 Å². The molecule has 1 amide bonds. The molecule has 0 bridgehead atoms. The molecule has 0 atom stereocenters. The minimum atomic E-state index is -0.504. The van der Waals surface area contributed by atoms with Gasteiger partial charge in [-0.2, -0.15) is 0 Å². The van der Waals surface area contributed by atoms with Gasteiger partial charge in [-0.3, -0.25) is 5.32 Å². The molecule has 0 spiro atoms. The Morgan fingerprint density at radius 2 is 2.05 bits per heavy atom. The molecule has 5 heteroatoms. The number of benzene rings is 1. The van der Waals surface area contributed by atoms with E-state index in [1.807, 2.05) is 39.0 Å². The molecule has 0 unspecified atom stereocenters. The van der Waals surface area contributed by atoms with Gasteiger partial charge in [0.1, 0.15) is 5.60 Å². The number of anilines is 1. The van der Waals surface area contributed by atoms with E-state index in [0.717, 1.165) is 35.0 Å². The molecule has 4 nitrogen and oxygen atoms in total. The molecule has 1 rings (SSSR count). The number of ether oxygens (including phenoxy) is 1. The third-order valence-corrected chi connectivity index (χ3v) is 3.10. The fourth-order valence-corrected chi connectivity index (χ4v) is 2.12. The Labute approximate surface area is 129 Å². The SMILES string of the molecule is CC(C)(C)OC(=O)Nc1cc(Br)ccc1CCCCN. The van der Waals surface area contributed by atoms with Gasteiger partial charge in [-0.05, 0) is 64.3 Å². The molecule has 0 fully saturated rings. The Morgan fingerprint density at radius 1 is 1.35 bits per heavy atom. The van der Waals surface area contributed by atoms with E-state index in [1.165, 1.54) is 0 Å². The van der Waals surface area contributed by atoms with E-state index in [4.69, 9.17) is 10.5 Å². The Bertz CT molecular complexity index is 456. The maximum Gasteiger partial charge on any atom is 0.412 e. The van der Waals surface area contributed by atoms with E-state index in [-0.39, 0.29) is 0 Å². The predicted octanol–water partition coefficient (Wildman–Crippen LogP) is 4.08. The first kappa shape index (κ1) is 17.0. The van der Waals surface area contributed by atoms with Crippen LogP contribution in [0, 0.1) is 0 Å². The highest BCUT2D eigenvalue weighted by atomic mass is 79.9. The zero-order valence-corrected chi connectivity index (χ0v) is 13.9. The Morgan fingerprint density at radius 3 is 2.65 bits per heavy atom. The summed E-state index contributed by atoms with van der Waals surface area (Å²) in [5, 5.41) is 2.81. The van der Waals surface area contributed by atoms with E-state index < -0.39 is 11.7 Å². The van der Waals surface area contributed by atoms with Crippen molar-refractivity contribution in [2.75, 3.05) is 11.9 Å². The van der Waals surface area contributed by atoms with Gasteiger partial charge in [0.05, 0.1) is 0 Å². The highest BCUT2D eigenvalue weighted by molar-refractivity contribution is 9.10. The molecular formula is C15H23BrN2O2. The van der Waals surface area contributed by atoms with Crippen molar-refractivity contribution < 1.29 is 9.53 Å². The van der Waals surface area contributed by atoms with Crippen LogP contribution in [-0.4, -0.2) is 18.2 Å². The van der Waals surface area contributed by atoms with Crippen LogP contribution >= 0.6 is 15.9 Å². The van der Waals surface area contributed by atoms with Gasteiger partial charge in [0.15, 0.2) is 0 Å². The summed E-state index contributed by atoms with van der Waals surface area (Å²) in [7, 11) is 0. The lowest BCUT2D eigenvalue weighted by Crippen LogP contribution is -2.27. The van der Waals surface area contributed by atoms with Crippen LogP contribution in [0.1, 0.15) is 39.2 Å². The number of halogens is 1. The summed E-state index contributed by atoms with van der Waals surface area (Å²) >= 11 is 3.42. The van der Waals surface area contributed by atoms with Gasteiger partial charge >= 0.3 is 6.09 Å². The molecule has 0 aliphatic heterocycles. The first-order valence-electron chi connectivity index (χ1n) is 6.80. The molecule has 0 aromatic heterocycles. The number of unbranched alkanes of at least 4 members (excludes halogenated alkanes) is 1. The van der Waals surface area contributed by atoms with Gasteiger partial charge in [-0.25, -0.2) is 4.79 Å². The van der Waals surface area contributed by atoms with Crippen LogP contribution < -0.4 is 11.1 Å². The van der Waals surface area contributed by atoms with E-state index >= 15 is 0 Å². The van der Waals surface area contributed by atoms with Crippen molar-refractivity contribution >= 4 is 27.7 Å². The second-order valence-electron chi connectivity index (χ2n) is 5.67. The highest BCUT2D eigenvalue weighted by Crippen LogP contribution is 2.24. The Kier molecular flexibility index (Phi) is 6.49. The fourth-order valence-electron chi connectivity index (χ4n) is 1.76. The van der Waals surface area contributed by atoms with Crippen molar-refractivity contribution in [2.45, 2.75) is 45.6 Å². The normalized spacial score (nSPS) is 11.2. The molecule has 0 saturated carbocycles. The Hall–Kier alpha value is -1.07. The molecule has 0 aliphatic carbocycles. The second-order valence-corrected chi connectivity index (χ2v) is 6.59. The number of hydrogen-bond acceptors (Lipinski definition) is 3. The van der Waals surface area contributed by atoms with Gasteiger partial charge in [0, 0.05) is 10.2 Å². The van der Waals surface area contributed by atoms with Crippen LogP contribution in [0.5, 0.6) is 0 Å². The number of carbonyl (C=O) groups excluding carboxylic acids is 1. The minimum Gasteiger partial charge on any atom is -0.444 e. The molecule has 20 heavy (non-hydrogen) atoms. The molecule has 0 heterocycles. The minimum absolute atomic E-state index is 0.435. The van der Waals surface area contributed by atoms with Crippen LogP contribution in [0.15, 0.2) is 22.7 Å². The monoisotopic (exact) mass is 342 g/mol. The molecule has 0 radical (unpaired) electrons. The highest BCUT2D eigenvalue weighted by Gasteiger charge is 2.17. The number of nitrogens with two attached hydrogens (primary N) is 1. The molecule has 1 aromatic rings. The van der Waals surface area contributed by atoms with E-state index in [1.54, 1.807) is 0 Å². The van der Waals surface area contributed by atoms with Gasteiger partial charge < -0.3 is 10.5 Å². The number of carbonyl (C=O) groups is 1. The summed E-state index contributed by atoms with van der Waals surface area (Å²) in [4.78, 5) is 11.9. The second kappa shape index (κ2) is 7.64. The number of rotatable bonds is 5. The third kappa shape index (κ3) is 6.39. The average molecular weight is 343 g/mol. The lowest BCUT2D eigenvalue weighted by atomic mass is 10.1. The topological polar surface area (TPSA) is 64.3 Å². The summed E-state index contributed by atoms with van der Waals surface area (Å²) in [6.45, 7) is 6.21. The van der Waals surface area contributed by atoms with Crippen molar-refractivity contribution in [1.29, 1.82) is 0 Å². The number of amides is 1. The van der Waals surface area contributed by atoms with Crippen molar-refractivity contribution in [2.24, 2.45) is 5.73 Å². The van der Waals surface area contributed by atoms with Gasteiger partial charge in [0.2, 0.25) is 0 Å². The molecule has 0 aliphatic rings. The number of nitrogens with one attached hydrogen (secondary N) is 1. The summed E-state index contributed by atoms with van der Waals surface area (Å²) in [6.07, 6.45) is 2.43. The van der Waals surface area contributed by atoms with Crippen LogP contribution in [0.3, 0.4) is 0 Å². The van der Waals surface area contributed by atoms with Crippen molar-refractivity contribution in [3.05, 3.63) is 28.2 Å². The smallest absolute Gasteiger partial charge is 0.412 e. The summed E-state index contributed by atoms with van der Waals surface area (Å²) in [5.41, 5.74) is 6.88. The van der Waals surface area contributed by atoms with Crippen molar-refractivity contribution in [3.63, 3.8) is 0 Å². The molecule has 1 aromatic carbocycles. The largest absolute Gasteiger partial charge is 0.444 e. The molecule has 0 saturated heterocycles. The predicted molar refractivity (Wildman–Crippen MR) is 86.0 cm³/mol. The first-order valence-corrected chi connectivity index (χ1v) is 7.59. The average Bonchev–Trinajstić information content (AvgIpc) is 2.29. The third-order valence-electron chi connectivity index (χ3n) is 2.61. The van der Waals surface area contributed by atoms with Crippen LogP contribution in [0.2, 0.25) is 0 Å². The standard InChI is InChI=1S/C15H23BrN2O2/c1-15(2,3)20-14(19)18-13-10-12(16)8-7-11(13)6-4-5-9-17/h7-8,10H,4-6,9,17H2,1-3H3,(H,18,19). The first-order chi connectivity index (χ1) is 9.31. The lowest BCUT2D eigenvalue weighted by molar-refractivity contribution is 0.0636. The number of hydrogen-bond donors (Lipinski definition) is 2. The zero-order chi connectivity index (χ0) is 15.2. The molecular weight excluding hydrogens is 320 g/mol. The summed E-state index contributed by atoms with van der Waals surface area (Å²) in [6, 6.07) is 5.87. The van der Waals surface area contributed by atoms with E-state index in [9.17, 15) is 4.79 Å². The van der Waals surface area contributed by atoms with Gasteiger partial charge in [-0.1, -0.05) is 22.0 Å². The van der Waals surface area contributed by atoms with Crippen LogP contribution in [0.25, 0.3) is 0 Å². The summed E-state index contributed by atoms with van der Waals surface area (Å²) < 4.78 is 6.20. The maximum absolute atomic E-state index is 11.9.